The van der Waals surface area contributed by atoms with E-state index in [1.807, 2.05) is 0 Å². The van der Waals surface area contributed by atoms with Crippen molar-refractivity contribution < 1.29 is 9.53 Å². The highest BCUT2D eigenvalue weighted by molar-refractivity contribution is 7.18. The summed E-state index contributed by atoms with van der Waals surface area (Å²) in [5.74, 6) is -0.375. The maximum Gasteiger partial charge on any atom is 0.350 e. The third kappa shape index (κ3) is 3.84. The zero-order valence-electron chi connectivity index (χ0n) is 12.0. The number of anilines is 2. The smallest absolute Gasteiger partial charge is 0.350 e. The molecule has 2 rings (SSSR count). The summed E-state index contributed by atoms with van der Waals surface area (Å²) < 4.78 is 4.69. The third-order valence-corrected chi connectivity index (χ3v) is 4.54. The maximum atomic E-state index is 11.5. The van der Waals surface area contributed by atoms with Crippen molar-refractivity contribution in [3.63, 3.8) is 0 Å². The molecule has 6 nitrogen and oxygen atoms in total. The van der Waals surface area contributed by atoms with Gasteiger partial charge in [-0.15, -0.1) is 11.3 Å². The molecule has 7 heteroatoms. The van der Waals surface area contributed by atoms with Gasteiger partial charge in [0.25, 0.3) is 0 Å². The lowest BCUT2D eigenvalue weighted by atomic mass is 10.3. The van der Waals surface area contributed by atoms with Crippen molar-refractivity contribution in [2.45, 2.75) is 0 Å². The molecule has 0 radical (unpaired) electrons. The van der Waals surface area contributed by atoms with Gasteiger partial charge in [0.05, 0.1) is 17.8 Å². The van der Waals surface area contributed by atoms with E-state index in [4.69, 9.17) is 10.5 Å². The lowest BCUT2D eigenvalue weighted by Crippen LogP contribution is -2.45. The van der Waals surface area contributed by atoms with Gasteiger partial charge in [0, 0.05) is 39.3 Å². The number of likely N-dealkylation sites (N-methyl/N-ethyl adjacent to an activating group) is 1. The average Bonchev–Trinajstić information content (AvgIpc) is 2.81. The van der Waals surface area contributed by atoms with Crippen molar-refractivity contribution in [3.8, 4) is 0 Å². The number of methoxy groups -OCH3 is 1. The maximum absolute atomic E-state index is 11.5. The average molecular weight is 298 g/mol. The number of nitrogens with one attached hydrogen (secondary N) is 1. The zero-order valence-corrected chi connectivity index (χ0v) is 12.8. The number of thiophene rings is 1. The first-order valence-corrected chi connectivity index (χ1v) is 7.54. The van der Waals surface area contributed by atoms with Gasteiger partial charge in [-0.2, -0.15) is 0 Å². The van der Waals surface area contributed by atoms with E-state index in [1.165, 1.54) is 18.4 Å². The molecule has 112 valence electrons. The third-order valence-electron chi connectivity index (χ3n) is 3.45. The van der Waals surface area contributed by atoms with Gasteiger partial charge in [0.2, 0.25) is 0 Å². The monoisotopic (exact) mass is 298 g/mol. The van der Waals surface area contributed by atoms with Crippen LogP contribution in [0.3, 0.4) is 0 Å². The van der Waals surface area contributed by atoms with E-state index in [2.05, 4.69) is 22.2 Å². The number of nitrogen functional groups attached to an aromatic ring is 1. The highest BCUT2D eigenvalue weighted by atomic mass is 32.1. The zero-order chi connectivity index (χ0) is 14.5. The molecule has 0 aliphatic carbocycles. The first kappa shape index (κ1) is 15.1. The number of carbonyl (C=O) groups is 1. The van der Waals surface area contributed by atoms with Crippen LogP contribution in [0.25, 0.3) is 0 Å². The van der Waals surface area contributed by atoms with E-state index in [-0.39, 0.29) is 5.97 Å². The Labute approximate surface area is 123 Å². The van der Waals surface area contributed by atoms with Crippen molar-refractivity contribution in [1.29, 1.82) is 0 Å². The molecule has 1 aliphatic heterocycles. The summed E-state index contributed by atoms with van der Waals surface area (Å²) in [6.45, 7) is 6.32. The van der Waals surface area contributed by atoms with Gasteiger partial charge >= 0.3 is 5.97 Å². The van der Waals surface area contributed by atoms with Gasteiger partial charge < -0.3 is 20.7 Å². The van der Waals surface area contributed by atoms with E-state index in [1.54, 1.807) is 6.07 Å². The van der Waals surface area contributed by atoms with Crippen molar-refractivity contribution in [2.75, 3.05) is 64.5 Å². The van der Waals surface area contributed by atoms with Gasteiger partial charge in [-0.1, -0.05) is 0 Å². The molecule has 1 fully saturated rings. The van der Waals surface area contributed by atoms with Crippen LogP contribution in [0.4, 0.5) is 10.7 Å². The fraction of sp³-hybridized carbons (Fsp3) is 0.615. The lowest BCUT2D eigenvalue weighted by molar-refractivity contribution is 0.0607. The number of piperazine rings is 1. The highest BCUT2D eigenvalue weighted by Crippen LogP contribution is 2.29. The SMILES string of the molecule is COC(=O)c1sc(NCCN2CCN(C)CC2)cc1N. The number of nitrogens with two attached hydrogens (primary N) is 1. The Bertz CT molecular complexity index is 455. The van der Waals surface area contributed by atoms with Gasteiger partial charge in [0.1, 0.15) is 4.88 Å². The van der Waals surface area contributed by atoms with Crippen molar-refractivity contribution in [3.05, 3.63) is 10.9 Å². The Morgan fingerprint density at radius 2 is 2.15 bits per heavy atom. The Morgan fingerprint density at radius 3 is 2.80 bits per heavy atom. The van der Waals surface area contributed by atoms with Gasteiger partial charge in [-0.25, -0.2) is 4.79 Å². The van der Waals surface area contributed by atoms with E-state index in [9.17, 15) is 4.79 Å². The standard InChI is InChI=1S/C13H22N4O2S/c1-16-5-7-17(8-6-16)4-3-15-11-9-10(14)12(20-11)13(18)19-2/h9,15H,3-8,14H2,1-2H3. The second-order valence-corrected chi connectivity index (χ2v) is 6.01. The molecule has 1 aliphatic rings. The minimum absolute atomic E-state index is 0.375. The second-order valence-electron chi connectivity index (χ2n) is 4.96. The number of carbonyl (C=O) groups excluding carboxylic acids is 1. The Hall–Kier alpha value is -1.31. The molecule has 0 atom stereocenters. The van der Waals surface area contributed by atoms with Crippen LogP contribution in [-0.2, 0) is 4.74 Å². The molecular formula is C13H22N4O2S. The topological polar surface area (TPSA) is 70.8 Å². The van der Waals surface area contributed by atoms with Gasteiger partial charge in [0.15, 0.2) is 0 Å². The fourth-order valence-electron chi connectivity index (χ4n) is 2.15. The molecule has 0 aromatic carbocycles. The molecule has 1 aromatic rings. The van der Waals surface area contributed by atoms with Crippen LogP contribution in [0.2, 0.25) is 0 Å². The molecule has 3 N–H and O–H groups in total. The minimum Gasteiger partial charge on any atom is -0.465 e. The Morgan fingerprint density at radius 1 is 1.45 bits per heavy atom. The molecular weight excluding hydrogens is 276 g/mol. The summed E-state index contributed by atoms with van der Waals surface area (Å²) in [5.41, 5.74) is 6.28. The van der Waals surface area contributed by atoms with Crippen LogP contribution in [0.5, 0.6) is 0 Å². The number of ether oxygens (including phenoxy) is 1. The summed E-state index contributed by atoms with van der Waals surface area (Å²) in [5, 5.41) is 4.23. The van der Waals surface area contributed by atoms with E-state index >= 15 is 0 Å². The number of nitrogens with zero attached hydrogens (tertiary/aromatic N) is 2. The first-order chi connectivity index (χ1) is 9.60. The van der Waals surface area contributed by atoms with E-state index < -0.39 is 0 Å². The molecule has 0 spiro atoms. The highest BCUT2D eigenvalue weighted by Gasteiger charge is 2.15. The lowest BCUT2D eigenvalue weighted by Gasteiger charge is -2.32. The van der Waals surface area contributed by atoms with Crippen LogP contribution in [-0.4, -0.2) is 69.2 Å². The minimum atomic E-state index is -0.375. The van der Waals surface area contributed by atoms with Crippen LogP contribution in [0.1, 0.15) is 9.67 Å². The molecule has 20 heavy (non-hydrogen) atoms. The summed E-state index contributed by atoms with van der Waals surface area (Å²) in [6, 6.07) is 1.79. The Balaban J connectivity index is 1.78. The summed E-state index contributed by atoms with van der Waals surface area (Å²) in [6.07, 6.45) is 0. The summed E-state index contributed by atoms with van der Waals surface area (Å²) in [7, 11) is 3.51. The first-order valence-electron chi connectivity index (χ1n) is 6.72. The predicted octanol–water partition coefficient (Wildman–Crippen LogP) is 0.776. The Kier molecular flexibility index (Phi) is 5.22. The van der Waals surface area contributed by atoms with Crippen LogP contribution >= 0.6 is 11.3 Å². The van der Waals surface area contributed by atoms with Crippen molar-refractivity contribution >= 4 is 28.0 Å². The number of rotatable bonds is 5. The summed E-state index contributed by atoms with van der Waals surface area (Å²) in [4.78, 5) is 16.7. The summed E-state index contributed by atoms with van der Waals surface area (Å²) >= 11 is 1.34. The van der Waals surface area contributed by atoms with E-state index in [0.717, 1.165) is 44.3 Å². The van der Waals surface area contributed by atoms with Gasteiger partial charge in [-0.3, -0.25) is 4.90 Å². The van der Waals surface area contributed by atoms with Gasteiger partial charge in [-0.05, 0) is 13.1 Å². The number of hydrogen-bond donors (Lipinski definition) is 2. The predicted molar refractivity (Wildman–Crippen MR) is 82.5 cm³/mol. The van der Waals surface area contributed by atoms with E-state index in [0.29, 0.717) is 10.6 Å². The molecule has 1 saturated heterocycles. The second kappa shape index (κ2) is 6.92. The van der Waals surface area contributed by atoms with Crippen LogP contribution in [0.15, 0.2) is 6.07 Å². The number of hydrogen-bond acceptors (Lipinski definition) is 7. The quantitative estimate of drug-likeness (QED) is 0.783. The normalized spacial score (nSPS) is 17.1. The molecule has 1 aromatic heterocycles. The van der Waals surface area contributed by atoms with Crippen molar-refractivity contribution in [2.24, 2.45) is 0 Å². The molecule has 0 unspecified atom stereocenters. The molecule has 0 bridgehead atoms. The van der Waals surface area contributed by atoms with Crippen LogP contribution in [0, 0.1) is 0 Å². The fourth-order valence-corrected chi connectivity index (χ4v) is 3.08. The molecule has 0 amide bonds. The largest absolute Gasteiger partial charge is 0.465 e. The number of esters is 1. The molecule has 2 heterocycles. The van der Waals surface area contributed by atoms with Crippen molar-refractivity contribution in [1.82, 2.24) is 9.80 Å². The van der Waals surface area contributed by atoms with Crippen LogP contribution < -0.4 is 11.1 Å². The molecule has 0 saturated carbocycles.